The summed E-state index contributed by atoms with van der Waals surface area (Å²) in [6.07, 6.45) is 0. The van der Waals surface area contributed by atoms with Crippen LogP contribution in [-0.2, 0) is 6.54 Å². The molecule has 0 radical (unpaired) electrons. The fraction of sp³-hybridized carbons (Fsp3) is 0.250. The van der Waals surface area contributed by atoms with Crippen molar-refractivity contribution in [2.24, 2.45) is 0 Å². The molecule has 0 aliphatic heterocycles. The van der Waals surface area contributed by atoms with Gasteiger partial charge in [-0.3, -0.25) is 9.78 Å². The number of halogens is 1. The van der Waals surface area contributed by atoms with Crippen molar-refractivity contribution in [1.82, 2.24) is 9.55 Å². The fourth-order valence-corrected chi connectivity index (χ4v) is 0.974. The number of rotatable bonds is 1. The third-order valence-electron chi connectivity index (χ3n) is 1.40. The van der Waals surface area contributed by atoms with Crippen molar-refractivity contribution < 1.29 is 0 Å². The maximum atomic E-state index is 11.2. The van der Waals surface area contributed by atoms with E-state index in [2.05, 4.69) is 16.8 Å². The summed E-state index contributed by atoms with van der Waals surface area (Å²) in [5.74, 6) is 5.21. The number of nitrogens with zero attached hydrogens (tertiary/aromatic N) is 1. The molecule has 0 spiro atoms. The van der Waals surface area contributed by atoms with Gasteiger partial charge in [-0.1, -0.05) is 17.5 Å². The normalized spacial score (nSPS) is 9.08. The predicted molar refractivity (Wildman–Crippen MR) is 49.8 cm³/mol. The summed E-state index contributed by atoms with van der Waals surface area (Å²) in [5, 5.41) is 0.0377. The Morgan fingerprint density at radius 2 is 2.31 bits per heavy atom. The molecule has 0 saturated carbocycles. The van der Waals surface area contributed by atoms with E-state index in [-0.39, 0.29) is 11.7 Å². The van der Waals surface area contributed by atoms with Crippen molar-refractivity contribution in [2.45, 2.75) is 13.5 Å². The van der Waals surface area contributed by atoms with E-state index in [9.17, 15) is 9.59 Å². The molecule has 0 aliphatic rings. The Morgan fingerprint density at radius 1 is 1.62 bits per heavy atom. The zero-order valence-electron chi connectivity index (χ0n) is 6.93. The van der Waals surface area contributed by atoms with Crippen molar-refractivity contribution in [3.63, 3.8) is 0 Å². The molecule has 5 heteroatoms. The molecule has 1 heterocycles. The molecule has 1 N–H and O–H groups in total. The highest BCUT2D eigenvalue weighted by atomic mass is 35.5. The van der Waals surface area contributed by atoms with Crippen molar-refractivity contribution in [3.05, 3.63) is 32.1 Å². The van der Waals surface area contributed by atoms with Crippen molar-refractivity contribution >= 4 is 11.6 Å². The average Bonchev–Trinajstić information content (AvgIpc) is 2.02. The second kappa shape index (κ2) is 3.97. The first-order chi connectivity index (χ1) is 6.15. The Kier molecular flexibility index (Phi) is 2.93. The number of aromatic nitrogens is 2. The molecule has 0 bridgehead atoms. The third kappa shape index (κ3) is 2.23. The molecule has 13 heavy (non-hydrogen) atoms. The van der Waals surface area contributed by atoms with Gasteiger partial charge in [-0.25, -0.2) is 9.36 Å². The maximum Gasteiger partial charge on any atom is 0.330 e. The molecule has 68 valence electrons. The molecule has 0 aromatic carbocycles. The minimum Gasteiger partial charge on any atom is -0.298 e. The molecule has 1 aromatic heterocycles. The smallest absolute Gasteiger partial charge is 0.298 e. The zero-order valence-corrected chi connectivity index (χ0v) is 7.68. The lowest BCUT2D eigenvalue weighted by atomic mass is 10.5. The standard InChI is InChI=1S/C8H7ClN2O2/c1-2-3-4-11-7(12)5-6(9)10-8(11)13/h5H,4H2,1H3,(H,10,13). The van der Waals surface area contributed by atoms with Gasteiger partial charge in [-0.05, 0) is 6.92 Å². The SMILES string of the molecule is CC#CCn1c(=O)cc(Cl)[nH]c1=O. The first-order valence-electron chi connectivity index (χ1n) is 3.54. The van der Waals surface area contributed by atoms with Crippen molar-refractivity contribution in [3.8, 4) is 11.8 Å². The van der Waals surface area contributed by atoms with Gasteiger partial charge in [-0.2, -0.15) is 0 Å². The van der Waals surface area contributed by atoms with E-state index in [4.69, 9.17) is 11.6 Å². The lowest BCUT2D eigenvalue weighted by Gasteiger charge is -1.97. The summed E-state index contributed by atoms with van der Waals surface area (Å²) in [7, 11) is 0. The molecule has 0 fully saturated rings. The van der Waals surface area contributed by atoms with Crippen molar-refractivity contribution in [1.29, 1.82) is 0 Å². The van der Waals surface area contributed by atoms with E-state index < -0.39 is 11.2 Å². The fourth-order valence-electron chi connectivity index (χ4n) is 0.800. The summed E-state index contributed by atoms with van der Waals surface area (Å²) >= 11 is 5.45. The molecular weight excluding hydrogens is 192 g/mol. The van der Waals surface area contributed by atoms with Gasteiger partial charge in [0.1, 0.15) is 5.15 Å². The molecule has 0 atom stereocenters. The average molecular weight is 199 g/mol. The molecule has 4 nitrogen and oxygen atoms in total. The van der Waals surface area contributed by atoms with Crippen molar-refractivity contribution in [2.75, 3.05) is 0 Å². The van der Waals surface area contributed by atoms with Crippen LogP contribution in [-0.4, -0.2) is 9.55 Å². The Hall–Kier alpha value is -1.47. The minimum atomic E-state index is -0.541. The van der Waals surface area contributed by atoms with Crippen LogP contribution in [0.3, 0.4) is 0 Å². The highest BCUT2D eigenvalue weighted by Gasteiger charge is 2.00. The summed E-state index contributed by atoms with van der Waals surface area (Å²) in [6, 6.07) is 1.14. The number of aromatic amines is 1. The first-order valence-corrected chi connectivity index (χ1v) is 3.92. The third-order valence-corrected chi connectivity index (χ3v) is 1.61. The summed E-state index contributed by atoms with van der Waals surface area (Å²) < 4.78 is 0.975. The van der Waals surface area contributed by atoms with Crippen LogP contribution in [0.25, 0.3) is 0 Å². The second-order valence-electron chi connectivity index (χ2n) is 2.27. The molecule has 1 aromatic rings. The molecule has 0 unspecified atom stereocenters. The number of hydrogen-bond acceptors (Lipinski definition) is 2. The van der Waals surface area contributed by atoms with Gasteiger partial charge in [0, 0.05) is 6.07 Å². The van der Waals surface area contributed by atoms with Crippen LogP contribution in [0.5, 0.6) is 0 Å². The Bertz CT molecular complexity index is 444. The summed E-state index contributed by atoms with van der Waals surface area (Å²) in [6.45, 7) is 1.72. The Balaban J connectivity index is 3.27. The Morgan fingerprint density at radius 3 is 2.85 bits per heavy atom. The van der Waals surface area contributed by atoms with E-state index in [1.165, 1.54) is 0 Å². The topological polar surface area (TPSA) is 54.9 Å². The largest absolute Gasteiger partial charge is 0.330 e. The van der Waals surface area contributed by atoms with Gasteiger partial charge in [0.05, 0.1) is 6.54 Å². The summed E-state index contributed by atoms with van der Waals surface area (Å²) in [5.41, 5.74) is -0.989. The quantitative estimate of drug-likeness (QED) is 0.518. The van der Waals surface area contributed by atoms with Gasteiger partial charge in [0.15, 0.2) is 0 Å². The maximum absolute atomic E-state index is 11.2. The van der Waals surface area contributed by atoms with Crippen LogP contribution >= 0.6 is 11.6 Å². The number of hydrogen-bond donors (Lipinski definition) is 1. The molecule has 0 amide bonds. The van der Waals surface area contributed by atoms with Gasteiger partial charge in [0.25, 0.3) is 5.56 Å². The van der Waals surface area contributed by atoms with E-state index >= 15 is 0 Å². The van der Waals surface area contributed by atoms with Crippen LogP contribution in [0.4, 0.5) is 0 Å². The van der Waals surface area contributed by atoms with Gasteiger partial charge in [0.2, 0.25) is 0 Å². The highest BCUT2D eigenvalue weighted by Crippen LogP contribution is 1.92. The van der Waals surface area contributed by atoms with Gasteiger partial charge in [-0.15, -0.1) is 5.92 Å². The van der Waals surface area contributed by atoms with Gasteiger partial charge < -0.3 is 0 Å². The highest BCUT2D eigenvalue weighted by molar-refractivity contribution is 6.29. The van der Waals surface area contributed by atoms with Gasteiger partial charge >= 0.3 is 5.69 Å². The minimum absolute atomic E-state index is 0.0377. The predicted octanol–water partition coefficient (Wildman–Crippen LogP) is 0.213. The van der Waals surface area contributed by atoms with E-state index in [1.807, 2.05) is 0 Å². The monoisotopic (exact) mass is 198 g/mol. The summed E-state index contributed by atoms with van der Waals surface area (Å²) in [4.78, 5) is 24.6. The van der Waals surface area contributed by atoms with Crippen LogP contribution in [0, 0.1) is 11.8 Å². The zero-order chi connectivity index (χ0) is 9.84. The Labute approximate surface area is 79.2 Å². The molecule has 1 rings (SSSR count). The first kappa shape index (κ1) is 9.62. The van der Waals surface area contributed by atoms with Crippen LogP contribution in [0.1, 0.15) is 6.92 Å². The number of H-pyrrole nitrogens is 1. The molecule has 0 saturated heterocycles. The van der Waals surface area contributed by atoms with Crippen LogP contribution in [0.2, 0.25) is 5.15 Å². The lowest BCUT2D eigenvalue weighted by Crippen LogP contribution is -2.34. The second-order valence-corrected chi connectivity index (χ2v) is 2.68. The van der Waals surface area contributed by atoms with E-state index in [1.54, 1.807) is 6.92 Å². The molecule has 0 aliphatic carbocycles. The number of nitrogens with one attached hydrogen (secondary N) is 1. The van der Waals surface area contributed by atoms with E-state index in [0.29, 0.717) is 0 Å². The van der Waals surface area contributed by atoms with E-state index in [0.717, 1.165) is 10.6 Å². The van der Waals surface area contributed by atoms with Crippen LogP contribution < -0.4 is 11.2 Å². The lowest BCUT2D eigenvalue weighted by molar-refractivity contribution is 0.726. The molecular formula is C8H7ClN2O2. The van der Waals surface area contributed by atoms with Crippen LogP contribution in [0.15, 0.2) is 15.7 Å².